The van der Waals surface area contributed by atoms with E-state index in [9.17, 15) is 0 Å². The molecular formula is C17H19NO. The Kier molecular flexibility index (Phi) is 3.51. The molecule has 0 fully saturated rings. The Morgan fingerprint density at radius 3 is 2.74 bits per heavy atom. The van der Waals surface area contributed by atoms with Crippen LogP contribution in [0.15, 0.2) is 48.5 Å². The lowest BCUT2D eigenvalue weighted by atomic mass is 9.91. The van der Waals surface area contributed by atoms with E-state index in [0.29, 0.717) is 6.04 Å². The van der Waals surface area contributed by atoms with Crippen LogP contribution in [0.5, 0.6) is 5.75 Å². The molecule has 98 valence electrons. The molecule has 1 aliphatic rings. The lowest BCUT2D eigenvalue weighted by Crippen LogP contribution is -2.28. The number of ether oxygens (including phenoxy) is 1. The van der Waals surface area contributed by atoms with Crippen LogP contribution in [0.3, 0.4) is 0 Å². The molecule has 0 aromatic heterocycles. The van der Waals surface area contributed by atoms with E-state index in [4.69, 9.17) is 4.74 Å². The van der Waals surface area contributed by atoms with Gasteiger partial charge in [-0.15, -0.1) is 0 Å². The lowest BCUT2D eigenvalue weighted by Gasteiger charge is -2.27. The molecule has 1 aliphatic heterocycles. The maximum atomic E-state index is 5.56. The van der Waals surface area contributed by atoms with Gasteiger partial charge in [0, 0.05) is 12.6 Å². The summed E-state index contributed by atoms with van der Waals surface area (Å²) in [6.45, 7) is 3.65. The standard InChI is InChI=1S/C17H19NO/c1-2-19-16-9-8-14-11-17(18-12-15(14)10-16)13-6-4-3-5-7-13/h3-10,17-18H,2,11-12H2,1H3. The molecule has 0 bridgehead atoms. The van der Waals surface area contributed by atoms with E-state index < -0.39 is 0 Å². The fourth-order valence-electron chi connectivity index (χ4n) is 2.67. The minimum absolute atomic E-state index is 0.423. The molecule has 19 heavy (non-hydrogen) atoms. The molecule has 2 nitrogen and oxygen atoms in total. The zero-order chi connectivity index (χ0) is 13.1. The third kappa shape index (κ3) is 2.64. The Bertz CT molecular complexity index is 550. The SMILES string of the molecule is CCOc1ccc2c(c1)CNC(c1ccccc1)C2. The van der Waals surface area contributed by atoms with Crippen molar-refractivity contribution >= 4 is 0 Å². The van der Waals surface area contributed by atoms with E-state index in [2.05, 4.69) is 53.8 Å². The van der Waals surface area contributed by atoms with Crippen LogP contribution in [-0.4, -0.2) is 6.61 Å². The van der Waals surface area contributed by atoms with Crippen molar-refractivity contribution in [2.24, 2.45) is 0 Å². The van der Waals surface area contributed by atoms with Gasteiger partial charge in [0.25, 0.3) is 0 Å². The highest BCUT2D eigenvalue weighted by Gasteiger charge is 2.19. The molecule has 0 aliphatic carbocycles. The highest BCUT2D eigenvalue weighted by molar-refractivity contribution is 5.39. The second-order valence-electron chi connectivity index (χ2n) is 4.91. The Balaban J connectivity index is 1.81. The predicted molar refractivity (Wildman–Crippen MR) is 77.3 cm³/mol. The van der Waals surface area contributed by atoms with Crippen molar-refractivity contribution in [2.45, 2.75) is 25.9 Å². The fraction of sp³-hybridized carbons (Fsp3) is 0.294. The van der Waals surface area contributed by atoms with E-state index in [1.54, 1.807) is 0 Å². The third-order valence-electron chi connectivity index (χ3n) is 3.65. The van der Waals surface area contributed by atoms with E-state index >= 15 is 0 Å². The van der Waals surface area contributed by atoms with Crippen molar-refractivity contribution in [3.8, 4) is 5.75 Å². The molecular weight excluding hydrogens is 234 g/mol. The first-order valence-electron chi connectivity index (χ1n) is 6.89. The van der Waals surface area contributed by atoms with Crippen LogP contribution in [0.2, 0.25) is 0 Å². The fourth-order valence-corrected chi connectivity index (χ4v) is 2.67. The van der Waals surface area contributed by atoms with Crippen molar-refractivity contribution in [3.05, 3.63) is 65.2 Å². The van der Waals surface area contributed by atoms with Gasteiger partial charge in [0.15, 0.2) is 0 Å². The second kappa shape index (κ2) is 5.45. The van der Waals surface area contributed by atoms with Gasteiger partial charge < -0.3 is 10.1 Å². The van der Waals surface area contributed by atoms with Crippen LogP contribution in [0.25, 0.3) is 0 Å². The van der Waals surface area contributed by atoms with Gasteiger partial charge in [-0.1, -0.05) is 36.4 Å². The molecule has 0 spiro atoms. The van der Waals surface area contributed by atoms with Gasteiger partial charge in [-0.3, -0.25) is 0 Å². The van der Waals surface area contributed by atoms with Crippen molar-refractivity contribution in [1.29, 1.82) is 0 Å². The maximum Gasteiger partial charge on any atom is 0.119 e. The van der Waals surface area contributed by atoms with Gasteiger partial charge >= 0.3 is 0 Å². The normalized spacial score (nSPS) is 17.8. The van der Waals surface area contributed by atoms with Gasteiger partial charge in [-0.2, -0.15) is 0 Å². The summed E-state index contributed by atoms with van der Waals surface area (Å²) >= 11 is 0. The summed E-state index contributed by atoms with van der Waals surface area (Å²) in [5, 5.41) is 3.61. The van der Waals surface area contributed by atoms with Gasteiger partial charge in [-0.05, 0) is 42.2 Å². The van der Waals surface area contributed by atoms with Crippen LogP contribution in [0.1, 0.15) is 29.7 Å². The lowest BCUT2D eigenvalue weighted by molar-refractivity contribution is 0.339. The van der Waals surface area contributed by atoms with Crippen molar-refractivity contribution in [1.82, 2.24) is 5.32 Å². The Morgan fingerprint density at radius 1 is 1.11 bits per heavy atom. The average Bonchev–Trinajstić information content (AvgIpc) is 2.48. The first-order valence-corrected chi connectivity index (χ1v) is 6.89. The van der Waals surface area contributed by atoms with E-state index in [0.717, 1.165) is 25.3 Å². The zero-order valence-electron chi connectivity index (χ0n) is 11.2. The number of benzene rings is 2. The summed E-state index contributed by atoms with van der Waals surface area (Å²) in [5.74, 6) is 0.973. The first kappa shape index (κ1) is 12.2. The minimum Gasteiger partial charge on any atom is -0.494 e. The molecule has 2 heteroatoms. The third-order valence-corrected chi connectivity index (χ3v) is 3.65. The molecule has 0 radical (unpaired) electrons. The van der Waals surface area contributed by atoms with Gasteiger partial charge in [0.1, 0.15) is 5.75 Å². The Labute approximate surface area is 114 Å². The summed E-state index contributed by atoms with van der Waals surface area (Å²) < 4.78 is 5.56. The summed E-state index contributed by atoms with van der Waals surface area (Å²) in [4.78, 5) is 0. The van der Waals surface area contributed by atoms with Crippen molar-refractivity contribution < 1.29 is 4.74 Å². The molecule has 1 atom stereocenters. The van der Waals surface area contributed by atoms with Crippen LogP contribution in [0.4, 0.5) is 0 Å². The number of nitrogens with one attached hydrogen (secondary N) is 1. The molecule has 3 rings (SSSR count). The van der Waals surface area contributed by atoms with Gasteiger partial charge in [0.2, 0.25) is 0 Å². The highest BCUT2D eigenvalue weighted by Crippen LogP contribution is 2.28. The monoisotopic (exact) mass is 253 g/mol. The predicted octanol–water partition coefficient (Wildman–Crippen LogP) is 3.47. The highest BCUT2D eigenvalue weighted by atomic mass is 16.5. The molecule has 2 aromatic carbocycles. The van der Waals surface area contributed by atoms with E-state index in [-0.39, 0.29) is 0 Å². The molecule has 1 unspecified atom stereocenters. The quantitative estimate of drug-likeness (QED) is 0.904. The molecule has 1 N–H and O–H groups in total. The molecule has 0 saturated carbocycles. The number of hydrogen-bond acceptors (Lipinski definition) is 2. The maximum absolute atomic E-state index is 5.56. The van der Waals surface area contributed by atoms with Crippen LogP contribution in [-0.2, 0) is 13.0 Å². The smallest absolute Gasteiger partial charge is 0.119 e. The Morgan fingerprint density at radius 2 is 1.95 bits per heavy atom. The summed E-state index contributed by atoms with van der Waals surface area (Å²) in [6.07, 6.45) is 1.05. The number of fused-ring (bicyclic) bond motifs is 1. The van der Waals surface area contributed by atoms with Crippen LogP contribution in [0, 0.1) is 0 Å². The summed E-state index contributed by atoms with van der Waals surface area (Å²) in [6, 6.07) is 17.5. The molecule has 0 saturated heterocycles. The van der Waals surface area contributed by atoms with Crippen LogP contribution >= 0.6 is 0 Å². The van der Waals surface area contributed by atoms with Gasteiger partial charge in [-0.25, -0.2) is 0 Å². The van der Waals surface area contributed by atoms with E-state index in [1.165, 1.54) is 16.7 Å². The Hall–Kier alpha value is -1.80. The van der Waals surface area contributed by atoms with Crippen molar-refractivity contribution in [2.75, 3.05) is 6.61 Å². The molecule has 1 heterocycles. The molecule has 0 amide bonds. The topological polar surface area (TPSA) is 21.3 Å². The second-order valence-corrected chi connectivity index (χ2v) is 4.91. The average molecular weight is 253 g/mol. The largest absolute Gasteiger partial charge is 0.494 e. The van der Waals surface area contributed by atoms with Crippen LogP contribution < -0.4 is 10.1 Å². The number of hydrogen-bond donors (Lipinski definition) is 1. The first-order chi connectivity index (χ1) is 9.36. The van der Waals surface area contributed by atoms with Gasteiger partial charge in [0.05, 0.1) is 6.61 Å². The summed E-state index contributed by atoms with van der Waals surface area (Å²) in [7, 11) is 0. The van der Waals surface area contributed by atoms with E-state index in [1.807, 2.05) is 6.92 Å². The molecule has 2 aromatic rings. The zero-order valence-corrected chi connectivity index (χ0v) is 11.2. The van der Waals surface area contributed by atoms with Crippen molar-refractivity contribution in [3.63, 3.8) is 0 Å². The minimum atomic E-state index is 0.423. The number of rotatable bonds is 3. The summed E-state index contributed by atoms with van der Waals surface area (Å²) in [5.41, 5.74) is 4.15.